The molecule has 0 spiro atoms. The lowest BCUT2D eigenvalue weighted by Gasteiger charge is -2.29. The molecule has 0 aliphatic carbocycles. The lowest BCUT2D eigenvalue weighted by Crippen LogP contribution is -2.24. The normalized spacial score (nSPS) is 13.2. The number of aromatic nitrogens is 8. The third-order valence-corrected chi connectivity index (χ3v) is 7.76. The van der Waals surface area contributed by atoms with E-state index in [9.17, 15) is 9.59 Å². The Morgan fingerprint density at radius 1 is 0.523 bits per heavy atom. The van der Waals surface area contributed by atoms with E-state index in [1.54, 1.807) is 8.80 Å². The molecule has 0 atom stereocenters. The van der Waals surface area contributed by atoms with Crippen molar-refractivity contribution in [2.75, 3.05) is 0 Å². The lowest BCUT2D eigenvalue weighted by molar-refractivity contribution is 0.516. The lowest BCUT2D eigenvalue weighted by atomic mass is 9.78. The van der Waals surface area contributed by atoms with Crippen LogP contribution >= 0.6 is 0 Å². The highest BCUT2D eigenvalue weighted by molar-refractivity contribution is 5.80. The largest absolute Gasteiger partial charge is 0.348 e. The summed E-state index contributed by atoms with van der Waals surface area (Å²) in [7, 11) is 0. The van der Waals surface area contributed by atoms with E-state index in [4.69, 9.17) is 9.97 Å². The molecule has 0 unspecified atom stereocenters. The van der Waals surface area contributed by atoms with Gasteiger partial charge in [0.1, 0.15) is 0 Å². The molecule has 232 valence electrons. The van der Waals surface area contributed by atoms with Gasteiger partial charge in [-0.15, -0.1) is 0 Å². The molecule has 2 N–H and O–H groups in total. The zero-order valence-corrected chi connectivity index (χ0v) is 28.0. The van der Waals surface area contributed by atoms with E-state index in [0.29, 0.717) is 11.3 Å². The maximum Gasteiger partial charge on any atom is 0.348 e. The number of rotatable bonds is 0. The molecule has 0 amide bonds. The van der Waals surface area contributed by atoms with E-state index in [0.717, 1.165) is 44.6 Å². The van der Waals surface area contributed by atoms with Gasteiger partial charge in [0.15, 0.2) is 11.3 Å². The first-order valence-corrected chi connectivity index (χ1v) is 15.0. The van der Waals surface area contributed by atoms with Crippen molar-refractivity contribution in [3.05, 3.63) is 79.9 Å². The van der Waals surface area contributed by atoms with Gasteiger partial charge in [-0.1, -0.05) is 83.1 Å². The minimum absolute atomic E-state index is 0.0562. The molecular formula is C34H44N8O2. The second kappa shape index (κ2) is 10.1. The topological polar surface area (TPSA) is 126 Å². The Balaban J connectivity index is 0.000000175. The average Bonchev–Trinajstić information content (AvgIpc) is 3.48. The zero-order valence-electron chi connectivity index (χ0n) is 28.0. The van der Waals surface area contributed by atoms with Crippen molar-refractivity contribution in [2.24, 2.45) is 0 Å². The molecule has 0 aromatic carbocycles. The summed E-state index contributed by atoms with van der Waals surface area (Å²) in [6.07, 6.45) is 0. The molecule has 6 rings (SSSR count). The Morgan fingerprint density at radius 2 is 0.864 bits per heavy atom. The van der Waals surface area contributed by atoms with Crippen LogP contribution in [0.25, 0.3) is 33.4 Å². The summed E-state index contributed by atoms with van der Waals surface area (Å²) >= 11 is 0. The van der Waals surface area contributed by atoms with E-state index in [1.165, 1.54) is 0 Å². The van der Waals surface area contributed by atoms with Crippen LogP contribution in [0.3, 0.4) is 0 Å². The number of aromatic amines is 2. The molecule has 0 saturated carbocycles. The molecule has 6 aromatic heterocycles. The molecule has 0 aliphatic rings. The molecule has 6 heterocycles. The number of nitrogens with one attached hydrogen (secondary N) is 2. The van der Waals surface area contributed by atoms with Crippen molar-refractivity contribution in [3.8, 4) is 0 Å². The minimum Gasteiger partial charge on any atom is -0.250 e. The first-order valence-electron chi connectivity index (χ1n) is 15.0. The van der Waals surface area contributed by atoms with Gasteiger partial charge in [0.2, 0.25) is 0 Å². The molecule has 0 aliphatic heterocycles. The number of fused-ring (bicyclic) bond motifs is 6. The molecule has 44 heavy (non-hydrogen) atoms. The van der Waals surface area contributed by atoms with Crippen molar-refractivity contribution in [1.82, 2.24) is 39.2 Å². The summed E-state index contributed by atoms with van der Waals surface area (Å²) < 4.78 is 3.17. The van der Waals surface area contributed by atoms with Crippen molar-refractivity contribution in [2.45, 2.75) is 105 Å². The molecule has 0 fully saturated rings. The number of hydrogen-bond acceptors (Lipinski definition) is 6. The van der Waals surface area contributed by atoms with E-state index in [1.807, 2.05) is 24.3 Å². The van der Waals surface area contributed by atoms with E-state index in [2.05, 4.69) is 116 Å². The van der Waals surface area contributed by atoms with E-state index in [-0.39, 0.29) is 33.0 Å². The second-order valence-electron chi connectivity index (χ2n) is 15.7. The zero-order chi connectivity index (χ0) is 32.6. The maximum absolute atomic E-state index is 12.1. The average molecular weight is 597 g/mol. The Kier molecular flexibility index (Phi) is 7.14. The van der Waals surface area contributed by atoms with Crippen molar-refractivity contribution in [3.63, 3.8) is 0 Å². The smallest absolute Gasteiger partial charge is 0.250 e. The van der Waals surface area contributed by atoms with Gasteiger partial charge in [-0.3, -0.25) is 9.97 Å². The van der Waals surface area contributed by atoms with Crippen LogP contribution in [0.2, 0.25) is 0 Å². The fraction of sp³-hybridized carbons (Fsp3) is 0.471. The summed E-state index contributed by atoms with van der Waals surface area (Å²) in [5, 5.41) is 13.1. The first kappa shape index (κ1) is 31.1. The SMILES string of the molecule is CC(C)(C)c1cc2c(ccc3n[nH]c(=O)n32)nc1C(C)(C)C.CC(C)(C)c1cc2c(ccc3n[nH]c(=O)n32)nc1C(C)(C)C. The minimum atomic E-state index is -0.231. The van der Waals surface area contributed by atoms with Crippen LogP contribution in [0, 0.1) is 0 Å². The van der Waals surface area contributed by atoms with Crippen molar-refractivity contribution >= 4 is 33.4 Å². The molecule has 0 radical (unpaired) electrons. The Morgan fingerprint density at radius 3 is 1.16 bits per heavy atom. The van der Waals surface area contributed by atoms with Gasteiger partial charge in [-0.25, -0.2) is 28.6 Å². The fourth-order valence-electron chi connectivity index (χ4n) is 5.54. The highest BCUT2D eigenvalue weighted by Gasteiger charge is 2.29. The van der Waals surface area contributed by atoms with Crippen LogP contribution in [0.4, 0.5) is 0 Å². The summed E-state index contributed by atoms with van der Waals surface area (Å²) in [6.45, 7) is 26.0. The Bertz CT molecular complexity index is 2000. The second-order valence-corrected chi connectivity index (χ2v) is 15.7. The first-order chi connectivity index (χ1) is 20.2. The molecule has 0 saturated heterocycles. The number of H-pyrrole nitrogens is 2. The predicted molar refractivity (Wildman–Crippen MR) is 177 cm³/mol. The summed E-state index contributed by atoms with van der Waals surface area (Å²) in [6, 6.07) is 11.7. The summed E-state index contributed by atoms with van der Waals surface area (Å²) in [5.41, 5.74) is 8.22. The van der Waals surface area contributed by atoms with Gasteiger partial charge in [0.25, 0.3) is 0 Å². The van der Waals surface area contributed by atoms with Gasteiger partial charge in [0.05, 0.1) is 33.5 Å². The molecule has 10 nitrogen and oxygen atoms in total. The van der Waals surface area contributed by atoms with Crippen LogP contribution in [0.1, 0.15) is 106 Å². The maximum atomic E-state index is 12.1. The molecule has 10 heteroatoms. The number of pyridine rings is 4. The van der Waals surface area contributed by atoms with Crippen LogP contribution in [-0.4, -0.2) is 39.2 Å². The van der Waals surface area contributed by atoms with Gasteiger partial charge >= 0.3 is 11.4 Å². The predicted octanol–water partition coefficient (Wildman–Crippen LogP) is 6.33. The number of hydrogen-bond donors (Lipinski definition) is 2. The van der Waals surface area contributed by atoms with E-state index >= 15 is 0 Å². The van der Waals surface area contributed by atoms with Crippen LogP contribution < -0.4 is 11.4 Å². The Labute approximate surface area is 257 Å². The van der Waals surface area contributed by atoms with Gasteiger partial charge < -0.3 is 0 Å². The highest BCUT2D eigenvalue weighted by atomic mass is 16.2. The fourth-order valence-corrected chi connectivity index (χ4v) is 5.54. The van der Waals surface area contributed by atoms with Crippen LogP contribution in [0.15, 0.2) is 46.0 Å². The third kappa shape index (κ3) is 5.53. The molecular weight excluding hydrogens is 552 g/mol. The van der Waals surface area contributed by atoms with Crippen LogP contribution in [-0.2, 0) is 21.7 Å². The summed E-state index contributed by atoms with van der Waals surface area (Å²) in [5.74, 6) is 0. The van der Waals surface area contributed by atoms with Gasteiger partial charge in [-0.2, -0.15) is 10.2 Å². The quantitative estimate of drug-likeness (QED) is 0.211. The van der Waals surface area contributed by atoms with Gasteiger partial charge in [-0.05, 0) is 58.4 Å². The van der Waals surface area contributed by atoms with Gasteiger partial charge in [0, 0.05) is 10.8 Å². The Hall–Kier alpha value is -4.34. The van der Waals surface area contributed by atoms with E-state index < -0.39 is 0 Å². The van der Waals surface area contributed by atoms with Crippen molar-refractivity contribution in [1.29, 1.82) is 0 Å². The standard InChI is InChI=1S/2C17H22N4O/c2*1-16(2,3)10-9-12-11(18-14(10)17(4,5)6)7-8-13-19-20-15(22)21(12)13/h2*7-9H,1-6H3,(H,20,22). The van der Waals surface area contributed by atoms with Crippen LogP contribution in [0.5, 0.6) is 0 Å². The number of nitrogens with zero attached hydrogens (tertiary/aromatic N) is 6. The molecule has 6 aromatic rings. The highest BCUT2D eigenvalue weighted by Crippen LogP contribution is 2.36. The molecule has 0 bridgehead atoms. The third-order valence-electron chi connectivity index (χ3n) is 7.76. The summed E-state index contributed by atoms with van der Waals surface area (Å²) in [4.78, 5) is 33.9. The monoisotopic (exact) mass is 596 g/mol. The van der Waals surface area contributed by atoms with Crippen molar-refractivity contribution < 1.29 is 0 Å².